The molecule has 1 N–H and O–H groups in total. The topological polar surface area (TPSA) is 76.3 Å². The summed E-state index contributed by atoms with van der Waals surface area (Å²) in [5.41, 5.74) is -2.13. The van der Waals surface area contributed by atoms with Crippen LogP contribution in [0, 0.1) is 10.1 Å². The second-order valence-corrected chi connectivity index (χ2v) is 3.44. The minimum atomic E-state index is -4.62. The van der Waals surface area contributed by atoms with Crippen LogP contribution in [0.1, 0.15) is 5.56 Å². The number of aromatic nitrogens is 1. The van der Waals surface area contributed by atoms with Crippen LogP contribution in [0.4, 0.5) is 18.9 Å². The fourth-order valence-corrected chi connectivity index (χ4v) is 1.59. The lowest BCUT2D eigenvalue weighted by Crippen LogP contribution is -2.06. The fraction of sp³-hybridized carbons (Fsp3) is 0.100. The van der Waals surface area contributed by atoms with Crippen LogP contribution < -0.4 is 0 Å². The second kappa shape index (κ2) is 3.83. The number of halogens is 3. The SMILES string of the molecule is O=[N+]([O-])c1ccc2c(C(F)(F)F)ccnc2c1O. The average Bonchev–Trinajstić information content (AvgIpc) is 2.27. The van der Waals surface area contributed by atoms with Crippen LogP contribution in [0.25, 0.3) is 10.9 Å². The van der Waals surface area contributed by atoms with Gasteiger partial charge in [-0.05, 0) is 12.1 Å². The average molecular weight is 258 g/mol. The number of hydrogen-bond donors (Lipinski definition) is 1. The second-order valence-electron chi connectivity index (χ2n) is 3.44. The summed E-state index contributed by atoms with van der Waals surface area (Å²) in [5.74, 6) is -0.872. The highest BCUT2D eigenvalue weighted by molar-refractivity contribution is 5.90. The first-order valence-corrected chi connectivity index (χ1v) is 4.64. The molecule has 2 aromatic rings. The van der Waals surface area contributed by atoms with Crippen molar-refractivity contribution in [1.82, 2.24) is 4.98 Å². The highest BCUT2D eigenvalue weighted by Gasteiger charge is 2.33. The van der Waals surface area contributed by atoms with Crippen molar-refractivity contribution >= 4 is 16.6 Å². The molecule has 0 aliphatic carbocycles. The van der Waals surface area contributed by atoms with Gasteiger partial charge in [-0.1, -0.05) is 0 Å². The van der Waals surface area contributed by atoms with Gasteiger partial charge >= 0.3 is 11.9 Å². The van der Waals surface area contributed by atoms with Gasteiger partial charge in [0.1, 0.15) is 5.52 Å². The summed E-state index contributed by atoms with van der Waals surface area (Å²) in [6.45, 7) is 0. The van der Waals surface area contributed by atoms with Crippen molar-refractivity contribution in [1.29, 1.82) is 0 Å². The molecule has 8 heteroatoms. The van der Waals surface area contributed by atoms with Crippen LogP contribution in [-0.4, -0.2) is 15.0 Å². The number of rotatable bonds is 1. The predicted molar refractivity (Wildman–Crippen MR) is 55.1 cm³/mol. The molecule has 5 nitrogen and oxygen atoms in total. The molecule has 94 valence electrons. The van der Waals surface area contributed by atoms with Gasteiger partial charge in [-0.15, -0.1) is 0 Å². The van der Waals surface area contributed by atoms with Crippen LogP contribution in [0.3, 0.4) is 0 Å². The van der Waals surface area contributed by atoms with E-state index >= 15 is 0 Å². The molecule has 0 bridgehead atoms. The molecule has 2 rings (SSSR count). The number of phenolic OH excluding ortho intramolecular Hbond substituents is 1. The molecular formula is C10H5F3N2O3. The molecule has 0 spiro atoms. The van der Waals surface area contributed by atoms with Gasteiger partial charge in [0.05, 0.1) is 10.5 Å². The molecule has 1 aromatic carbocycles. The Morgan fingerprint density at radius 3 is 2.50 bits per heavy atom. The first-order chi connectivity index (χ1) is 8.32. The number of benzene rings is 1. The van der Waals surface area contributed by atoms with E-state index < -0.39 is 33.6 Å². The number of nitro benzene ring substituents is 1. The Morgan fingerprint density at radius 1 is 1.28 bits per heavy atom. The third-order valence-electron chi connectivity index (χ3n) is 2.37. The normalized spacial score (nSPS) is 11.7. The lowest BCUT2D eigenvalue weighted by atomic mass is 10.1. The summed E-state index contributed by atoms with van der Waals surface area (Å²) in [6, 6.07) is 2.48. The highest BCUT2D eigenvalue weighted by atomic mass is 19.4. The quantitative estimate of drug-likeness (QED) is 0.630. The van der Waals surface area contributed by atoms with Crippen molar-refractivity contribution < 1.29 is 23.2 Å². The van der Waals surface area contributed by atoms with Crippen LogP contribution in [-0.2, 0) is 6.18 Å². The predicted octanol–water partition coefficient (Wildman–Crippen LogP) is 2.87. The van der Waals surface area contributed by atoms with Crippen molar-refractivity contribution in [2.75, 3.05) is 0 Å². The Balaban J connectivity index is 2.83. The van der Waals surface area contributed by atoms with Crippen molar-refractivity contribution in [3.63, 3.8) is 0 Å². The van der Waals surface area contributed by atoms with E-state index in [4.69, 9.17) is 0 Å². The minimum absolute atomic E-state index is 0.381. The largest absolute Gasteiger partial charge is 0.501 e. The smallest absolute Gasteiger partial charge is 0.417 e. The Hall–Kier alpha value is -2.38. The Bertz CT molecular complexity index is 640. The highest BCUT2D eigenvalue weighted by Crippen LogP contribution is 2.39. The van der Waals surface area contributed by atoms with E-state index in [-0.39, 0.29) is 5.39 Å². The number of phenols is 1. The van der Waals surface area contributed by atoms with E-state index in [1.807, 2.05) is 0 Å². The summed E-state index contributed by atoms with van der Waals surface area (Å²) in [7, 11) is 0. The fourth-order valence-electron chi connectivity index (χ4n) is 1.59. The zero-order valence-corrected chi connectivity index (χ0v) is 8.60. The van der Waals surface area contributed by atoms with Gasteiger partial charge in [0.2, 0.25) is 5.75 Å². The molecule has 1 heterocycles. The van der Waals surface area contributed by atoms with Gasteiger partial charge in [-0.25, -0.2) is 0 Å². The van der Waals surface area contributed by atoms with E-state index in [0.29, 0.717) is 0 Å². The summed E-state index contributed by atoms with van der Waals surface area (Å²) in [4.78, 5) is 13.2. The van der Waals surface area contributed by atoms with Crippen LogP contribution in [0.5, 0.6) is 5.75 Å². The van der Waals surface area contributed by atoms with Gasteiger partial charge < -0.3 is 5.11 Å². The maximum Gasteiger partial charge on any atom is 0.417 e. The van der Waals surface area contributed by atoms with E-state index in [1.54, 1.807) is 0 Å². The molecule has 0 saturated carbocycles. The van der Waals surface area contributed by atoms with Gasteiger partial charge in [0, 0.05) is 17.6 Å². The number of nitro groups is 1. The molecule has 0 atom stereocenters. The lowest BCUT2D eigenvalue weighted by molar-refractivity contribution is -0.385. The van der Waals surface area contributed by atoms with Gasteiger partial charge in [0.25, 0.3) is 0 Å². The third kappa shape index (κ3) is 1.81. The molecule has 0 saturated heterocycles. The van der Waals surface area contributed by atoms with Crippen molar-refractivity contribution in [2.24, 2.45) is 0 Å². The zero-order chi connectivity index (χ0) is 13.5. The number of nitrogens with zero attached hydrogens (tertiary/aromatic N) is 2. The molecule has 0 radical (unpaired) electrons. The molecule has 18 heavy (non-hydrogen) atoms. The van der Waals surface area contributed by atoms with Gasteiger partial charge in [-0.3, -0.25) is 15.1 Å². The number of alkyl halides is 3. The molecule has 0 fully saturated rings. The molecule has 1 aromatic heterocycles. The summed E-state index contributed by atoms with van der Waals surface area (Å²) in [6.07, 6.45) is -3.78. The minimum Gasteiger partial charge on any atom is -0.501 e. The van der Waals surface area contributed by atoms with Crippen LogP contribution >= 0.6 is 0 Å². The first kappa shape index (κ1) is 12.1. The number of pyridine rings is 1. The maximum absolute atomic E-state index is 12.7. The van der Waals surface area contributed by atoms with Crippen LogP contribution in [0.2, 0.25) is 0 Å². The maximum atomic E-state index is 12.7. The monoisotopic (exact) mass is 258 g/mol. The van der Waals surface area contributed by atoms with Crippen molar-refractivity contribution in [2.45, 2.75) is 6.18 Å². The molecule has 0 unspecified atom stereocenters. The summed E-state index contributed by atoms with van der Waals surface area (Å²) < 4.78 is 38.0. The van der Waals surface area contributed by atoms with E-state index in [0.717, 1.165) is 24.4 Å². The standard InChI is InChI=1S/C10H5F3N2O3/c11-10(12,13)6-3-4-14-8-5(6)1-2-7(9(8)16)15(17)18/h1-4,16H. The molecular weight excluding hydrogens is 253 g/mol. The zero-order valence-electron chi connectivity index (χ0n) is 8.60. The van der Waals surface area contributed by atoms with Gasteiger partial charge in [0.15, 0.2) is 0 Å². The lowest BCUT2D eigenvalue weighted by Gasteiger charge is -2.10. The molecule has 0 aliphatic heterocycles. The number of fused-ring (bicyclic) bond motifs is 1. The third-order valence-corrected chi connectivity index (χ3v) is 2.37. The van der Waals surface area contributed by atoms with E-state index in [2.05, 4.69) is 4.98 Å². The number of hydrogen-bond acceptors (Lipinski definition) is 4. The summed E-state index contributed by atoms with van der Waals surface area (Å²) >= 11 is 0. The van der Waals surface area contributed by atoms with Crippen molar-refractivity contribution in [3.05, 3.63) is 40.1 Å². The number of aromatic hydroxyl groups is 1. The Morgan fingerprint density at radius 2 is 1.94 bits per heavy atom. The molecule has 0 aliphatic rings. The van der Waals surface area contributed by atoms with E-state index in [9.17, 15) is 28.4 Å². The van der Waals surface area contributed by atoms with Crippen LogP contribution in [0.15, 0.2) is 24.4 Å². The van der Waals surface area contributed by atoms with E-state index in [1.165, 1.54) is 0 Å². The van der Waals surface area contributed by atoms with Crippen molar-refractivity contribution in [3.8, 4) is 5.75 Å². The first-order valence-electron chi connectivity index (χ1n) is 4.64. The Labute approximate surface area is 97.6 Å². The van der Waals surface area contributed by atoms with Gasteiger partial charge in [-0.2, -0.15) is 13.2 Å². The Kier molecular flexibility index (Phi) is 2.57. The molecule has 0 amide bonds. The summed E-state index contributed by atoms with van der Waals surface area (Å²) in [5, 5.41) is 19.7.